The zero-order valence-electron chi connectivity index (χ0n) is 9.28. The van der Waals surface area contributed by atoms with Gasteiger partial charge in [0.2, 0.25) is 0 Å². The average molecular weight is 222 g/mol. The lowest BCUT2D eigenvalue weighted by Gasteiger charge is -2.10. The van der Waals surface area contributed by atoms with E-state index < -0.39 is 11.9 Å². The molecule has 0 aliphatic carbocycles. The normalized spacial score (nSPS) is 10.1. The number of carboxylic acid groups (broad SMARTS) is 2. The molecule has 0 heterocycles. The number of hydrogen-bond donors (Lipinski definition) is 2. The van der Waals surface area contributed by atoms with E-state index in [-0.39, 0.29) is 12.0 Å². The van der Waals surface area contributed by atoms with E-state index in [4.69, 9.17) is 10.2 Å². The van der Waals surface area contributed by atoms with E-state index in [1.54, 1.807) is 12.1 Å². The van der Waals surface area contributed by atoms with Crippen LogP contribution in [0.1, 0.15) is 34.0 Å². The molecule has 0 radical (unpaired) electrons. The summed E-state index contributed by atoms with van der Waals surface area (Å²) < 4.78 is 0. The third-order valence-electron chi connectivity index (χ3n) is 2.38. The number of hydrogen-bond acceptors (Lipinski definition) is 2. The molecule has 0 fully saturated rings. The molecule has 0 atom stereocenters. The molecule has 0 aliphatic heterocycles. The van der Waals surface area contributed by atoms with E-state index in [0.29, 0.717) is 17.5 Å². The summed E-state index contributed by atoms with van der Waals surface area (Å²) in [6.07, 6.45) is 0.326. The quantitative estimate of drug-likeness (QED) is 0.815. The molecule has 0 spiro atoms. The van der Waals surface area contributed by atoms with Gasteiger partial charge in [-0.05, 0) is 24.5 Å². The highest BCUT2D eigenvalue weighted by Crippen LogP contribution is 2.19. The van der Waals surface area contributed by atoms with Crippen LogP contribution in [0.4, 0.5) is 0 Å². The van der Waals surface area contributed by atoms with Gasteiger partial charge in [0.1, 0.15) is 0 Å². The molecular weight excluding hydrogens is 208 g/mol. The topological polar surface area (TPSA) is 74.6 Å². The summed E-state index contributed by atoms with van der Waals surface area (Å²) in [7, 11) is 0. The Morgan fingerprint density at radius 2 is 1.75 bits per heavy atom. The maximum absolute atomic E-state index is 11.1. The van der Waals surface area contributed by atoms with Crippen molar-refractivity contribution in [3.05, 3.63) is 34.4 Å². The summed E-state index contributed by atoms with van der Waals surface area (Å²) in [6, 6.07) is 3.41. The van der Waals surface area contributed by atoms with E-state index in [0.717, 1.165) is 5.56 Å². The van der Waals surface area contributed by atoms with Crippen molar-refractivity contribution in [3.8, 4) is 0 Å². The highest BCUT2D eigenvalue weighted by atomic mass is 16.4. The number of aromatic carboxylic acids is 1. The number of rotatable bonds is 4. The van der Waals surface area contributed by atoms with Crippen LogP contribution in [-0.2, 0) is 17.6 Å². The molecule has 0 amide bonds. The second kappa shape index (κ2) is 4.79. The molecule has 0 saturated carbocycles. The van der Waals surface area contributed by atoms with E-state index in [1.165, 1.54) is 0 Å². The molecule has 1 aromatic rings. The SMILES string of the molecule is CCc1cc(C)cc(CC(=O)O)c1C(=O)O. The highest BCUT2D eigenvalue weighted by molar-refractivity contribution is 5.92. The fraction of sp³-hybridized carbons (Fsp3) is 0.333. The predicted octanol–water partition coefficient (Wildman–Crippen LogP) is 1.88. The molecule has 2 N–H and O–H groups in total. The Kier molecular flexibility index (Phi) is 3.66. The summed E-state index contributed by atoms with van der Waals surface area (Å²) >= 11 is 0. The Balaban J connectivity index is 3.37. The van der Waals surface area contributed by atoms with Crippen molar-refractivity contribution < 1.29 is 19.8 Å². The fourth-order valence-electron chi connectivity index (χ4n) is 1.80. The lowest BCUT2D eigenvalue weighted by Crippen LogP contribution is -2.11. The first-order valence-corrected chi connectivity index (χ1v) is 5.03. The van der Waals surface area contributed by atoms with E-state index >= 15 is 0 Å². The van der Waals surface area contributed by atoms with Gasteiger partial charge in [-0.1, -0.05) is 24.6 Å². The van der Waals surface area contributed by atoms with Gasteiger partial charge >= 0.3 is 11.9 Å². The lowest BCUT2D eigenvalue weighted by atomic mass is 9.94. The Morgan fingerprint density at radius 1 is 1.19 bits per heavy atom. The molecule has 1 aromatic carbocycles. The van der Waals surface area contributed by atoms with Crippen molar-refractivity contribution in [1.29, 1.82) is 0 Å². The number of carbonyl (C=O) groups is 2. The first-order valence-electron chi connectivity index (χ1n) is 5.03. The minimum absolute atomic E-state index is 0.135. The monoisotopic (exact) mass is 222 g/mol. The van der Waals surface area contributed by atoms with Crippen molar-refractivity contribution in [2.45, 2.75) is 26.7 Å². The fourth-order valence-corrected chi connectivity index (χ4v) is 1.80. The van der Waals surface area contributed by atoms with Gasteiger partial charge in [0.15, 0.2) is 0 Å². The molecule has 0 aromatic heterocycles. The Bertz CT molecular complexity index is 435. The lowest BCUT2D eigenvalue weighted by molar-refractivity contribution is -0.136. The maximum atomic E-state index is 11.1. The molecule has 86 valence electrons. The van der Waals surface area contributed by atoms with Crippen LogP contribution in [0.15, 0.2) is 12.1 Å². The maximum Gasteiger partial charge on any atom is 0.336 e. The van der Waals surface area contributed by atoms with Gasteiger partial charge in [-0.15, -0.1) is 0 Å². The van der Waals surface area contributed by atoms with Crippen LogP contribution in [-0.4, -0.2) is 22.2 Å². The van der Waals surface area contributed by atoms with Crippen LogP contribution in [0, 0.1) is 6.92 Å². The van der Waals surface area contributed by atoms with Crippen LogP contribution >= 0.6 is 0 Å². The van der Waals surface area contributed by atoms with Crippen molar-refractivity contribution in [3.63, 3.8) is 0 Å². The molecule has 0 unspecified atom stereocenters. The molecule has 0 aliphatic rings. The van der Waals surface area contributed by atoms with E-state index in [1.807, 2.05) is 13.8 Å². The summed E-state index contributed by atoms with van der Waals surface area (Å²) in [6.45, 7) is 3.68. The third kappa shape index (κ3) is 2.59. The standard InChI is InChI=1S/C12H14O4/c1-3-8-4-7(2)5-9(6-10(13)14)11(8)12(15)16/h4-5H,3,6H2,1-2H3,(H,13,14)(H,15,16). The first kappa shape index (κ1) is 12.2. The van der Waals surface area contributed by atoms with Crippen molar-refractivity contribution in [1.82, 2.24) is 0 Å². The summed E-state index contributed by atoms with van der Waals surface area (Å²) in [5.41, 5.74) is 2.08. The molecule has 16 heavy (non-hydrogen) atoms. The van der Waals surface area contributed by atoms with Crippen LogP contribution in [0.2, 0.25) is 0 Å². The van der Waals surface area contributed by atoms with Crippen LogP contribution < -0.4 is 0 Å². The van der Waals surface area contributed by atoms with Crippen molar-refractivity contribution in [2.24, 2.45) is 0 Å². The summed E-state index contributed by atoms with van der Waals surface area (Å²) in [5, 5.41) is 17.8. The second-order valence-electron chi connectivity index (χ2n) is 3.69. The largest absolute Gasteiger partial charge is 0.481 e. The van der Waals surface area contributed by atoms with Crippen LogP contribution in [0.25, 0.3) is 0 Å². The van der Waals surface area contributed by atoms with Gasteiger partial charge in [-0.2, -0.15) is 0 Å². The molecule has 0 bridgehead atoms. The zero-order chi connectivity index (χ0) is 12.3. The first-order chi connectivity index (χ1) is 7.45. The van der Waals surface area contributed by atoms with Crippen molar-refractivity contribution >= 4 is 11.9 Å². The molecular formula is C12H14O4. The minimum atomic E-state index is -1.06. The van der Waals surface area contributed by atoms with Crippen molar-refractivity contribution in [2.75, 3.05) is 0 Å². The van der Waals surface area contributed by atoms with Gasteiger partial charge in [-0.25, -0.2) is 4.79 Å². The number of aliphatic carboxylic acids is 1. The van der Waals surface area contributed by atoms with Gasteiger partial charge in [0, 0.05) is 0 Å². The summed E-state index contributed by atoms with van der Waals surface area (Å²) in [4.78, 5) is 21.8. The number of aryl methyl sites for hydroxylation is 2. The Hall–Kier alpha value is -1.84. The van der Waals surface area contributed by atoms with E-state index in [9.17, 15) is 9.59 Å². The van der Waals surface area contributed by atoms with Gasteiger partial charge in [-0.3, -0.25) is 4.79 Å². The van der Waals surface area contributed by atoms with E-state index in [2.05, 4.69) is 0 Å². The third-order valence-corrected chi connectivity index (χ3v) is 2.38. The Labute approximate surface area is 93.5 Å². The van der Waals surface area contributed by atoms with Crippen LogP contribution in [0.5, 0.6) is 0 Å². The molecule has 0 saturated heterocycles. The van der Waals surface area contributed by atoms with Crippen LogP contribution in [0.3, 0.4) is 0 Å². The van der Waals surface area contributed by atoms with Gasteiger partial charge in [0.25, 0.3) is 0 Å². The second-order valence-corrected chi connectivity index (χ2v) is 3.69. The smallest absolute Gasteiger partial charge is 0.336 e. The predicted molar refractivity (Wildman–Crippen MR) is 58.9 cm³/mol. The van der Waals surface area contributed by atoms with Gasteiger partial charge in [0.05, 0.1) is 12.0 Å². The summed E-state index contributed by atoms with van der Waals surface area (Å²) in [5.74, 6) is -2.08. The minimum Gasteiger partial charge on any atom is -0.481 e. The Morgan fingerprint density at radius 3 is 2.19 bits per heavy atom. The molecule has 4 heteroatoms. The zero-order valence-corrected chi connectivity index (χ0v) is 9.28. The number of carboxylic acids is 2. The molecule has 1 rings (SSSR count). The molecule has 4 nitrogen and oxygen atoms in total. The van der Waals surface area contributed by atoms with Gasteiger partial charge < -0.3 is 10.2 Å². The highest BCUT2D eigenvalue weighted by Gasteiger charge is 2.17. The average Bonchev–Trinajstić information content (AvgIpc) is 2.14. The number of benzene rings is 1.